The second kappa shape index (κ2) is 42.6. The summed E-state index contributed by atoms with van der Waals surface area (Å²) in [6.45, 7) is 16.7. The summed E-state index contributed by atoms with van der Waals surface area (Å²) in [5, 5.41) is 0. The fraction of sp³-hybridized carbons (Fsp3) is 0.875. The number of carbonyl (C=O) groups excluding carboxylic acids is 4. The van der Waals surface area contributed by atoms with Crippen LogP contribution in [0.3, 0.4) is 0 Å². The van der Waals surface area contributed by atoms with E-state index in [9.17, 15) is 19.2 Å². The minimum absolute atomic E-state index is 0. The third kappa shape index (κ3) is 40.2. The van der Waals surface area contributed by atoms with Gasteiger partial charge >= 0.3 is 26.2 Å². The van der Waals surface area contributed by atoms with Gasteiger partial charge in [0.2, 0.25) is 0 Å². The smallest absolute Gasteiger partial charge is 0.542 e. The fourth-order valence-electron chi connectivity index (χ4n) is 3.19. The molecule has 0 bridgehead atoms. The molecule has 0 aliphatic rings. The molecule has 0 aromatic rings. The van der Waals surface area contributed by atoms with E-state index in [0.717, 1.165) is 77.0 Å². The normalized spacial score (nSPS) is 12.8. The first-order valence-corrected chi connectivity index (χ1v) is 14.9. The zero-order chi connectivity index (χ0) is 28.5. The van der Waals surface area contributed by atoms with Crippen molar-refractivity contribution < 1.29 is 45.4 Å². The van der Waals surface area contributed by atoms with E-state index in [2.05, 4.69) is 27.7 Å². The standard InChI is InChI=1S/4C8H15O.Zr/c4*1-3-5-6-8(4-2)7-9;/h4*8H,3-6H2,1-2H3;/q4*-1;+4. The summed E-state index contributed by atoms with van der Waals surface area (Å²) in [6, 6.07) is 0. The van der Waals surface area contributed by atoms with Crippen LogP contribution in [-0.2, 0) is 45.4 Å². The van der Waals surface area contributed by atoms with Gasteiger partial charge in [0.05, 0.1) is 0 Å². The van der Waals surface area contributed by atoms with Crippen LogP contribution in [0.15, 0.2) is 0 Å². The quantitative estimate of drug-likeness (QED) is 0.131. The SMILES string of the molecule is CCCCC([C-]=O)CC.CCCCC([C-]=O)CC.CCCCC([C-]=O)CC.CCCCC([C-]=O)CC.[Zr+4]. The summed E-state index contributed by atoms with van der Waals surface area (Å²) in [6.07, 6.45) is 25.4. The molecule has 0 N–H and O–H groups in total. The van der Waals surface area contributed by atoms with Crippen LogP contribution in [0.4, 0.5) is 0 Å². The molecule has 0 aliphatic carbocycles. The predicted octanol–water partition coefficient (Wildman–Crippen LogP) is 9.25. The molecule has 0 saturated heterocycles. The molecule has 0 saturated carbocycles. The van der Waals surface area contributed by atoms with Gasteiger partial charge in [0.1, 0.15) is 0 Å². The first-order chi connectivity index (χ1) is 17.4. The third-order valence-corrected chi connectivity index (χ3v) is 6.26. The van der Waals surface area contributed by atoms with Gasteiger partial charge in [0, 0.05) is 0 Å². The van der Waals surface area contributed by atoms with E-state index >= 15 is 0 Å². The van der Waals surface area contributed by atoms with Crippen LogP contribution in [0.5, 0.6) is 0 Å². The van der Waals surface area contributed by atoms with Crippen LogP contribution in [0.2, 0.25) is 0 Å². The van der Waals surface area contributed by atoms with Crippen molar-refractivity contribution in [2.45, 2.75) is 158 Å². The van der Waals surface area contributed by atoms with Crippen LogP contribution in [0, 0.1) is 23.7 Å². The van der Waals surface area contributed by atoms with Gasteiger partial charge in [-0.1, -0.05) is 158 Å². The first-order valence-electron chi connectivity index (χ1n) is 14.9. The number of hydrogen-bond acceptors (Lipinski definition) is 4. The van der Waals surface area contributed by atoms with Gasteiger partial charge < -0.3 is 19.2 Å². The predicted molar refractivity (Wildman–Crippen MR) is 156 cm³/mol. The Morgan fingerprint density at radius 2 is 0.541 bits per heavy atom. The van der Waals surface area contributed by atoms with Gasteiger partial charge in [-0.15, -0.1) is 23.7 Å². The van der Waals surface area contributed by atoms with E-state index in [-0.39, 0.29) is 49.9 Å². The Hall–Kier alpha value is -0.437. The minimum atomic E-state index is 0. The van der Waals surface area contributed by atoms with E-state index in [1.165, 1.54) is 25.7 Å². The average molecular weight is 600 g/mol. The van der Waals surface area contributed by atoms with Crippen molar-refractivity contribution in [3.63, 3.8) is 0 Å². The second-order valence-corrected chi connectivity index (χ2v) is 9.46. The molecule has 0 heterocycles. The Bertz CT molecular complexity index is 363. The molecular weight excluding hydrogens is 540 g/mol. The van der Waals surface area contributed by atoms with Gasteiger partial charge in [-0.3, -0.25) is 25.1 Å². The first kappa shape index (κ1) is 46.4. The Morgan fingerprint density at radius 1 is 0.378 bits per heavy atom. The van der Waals surface area contributed by atoms with E-state index in [1.807, 2.05) is 52.8 Å². The second-order valence-electron chi connectivity index (χ2n) is 9.46. The van der Waals surface area contributed by atoms with Gasteiger partial charge in [-0.05, 0) is 0 Å². The van der Waals surface area contributed by atoms with Gasteiger partial charge in [0.25, 0.3) is 0 Å². The molecule has 0 amide bonds. The van der Waals surface area contributed by atoms with Gasteiger partial charge in [-0.25, -0.2) is 0 Å². The molecule has 0 rings (SSSR count). The summed E-state index contributed by atoms with van der Waals surface area (Å²) >= 11 is 0. The van der Waals surface area contributed by atoms with Gasteiger partial charge in [-0.2, -0.15) is 0 Å². The molecule has 37 heavy (non-hydrogen) atoms. The Morgan fingerprint density at radius 3 is 0.622 bits per heavy atom. The van der Waals surface area contributed by atoms with Crippen molar-refractivity contribution >= 4 is 25.1 Å². The van der Waals surface area contributed by atoms with Crippen LogP contribution in [0.1, 0.15) is 158 Å². The molecule has 0 aromatic carbocycles. The molecule has 5 heteroatoms. The zero-order valence-corrected chi connectivity index (χ0v) is 28.2. The maximum Gasteiger partial charge on any atom is 4.00 e. The van der Waals surface area contributed by atoms with E-state index in [1.54, 1.807) is 0 Å². The molecule has 216 valence electrons. The van der Waals surface area contributed by atoms with Crippen LogP contribution < -0.4 is 0 Å². The number of rotatable bonds is 20. The van der Waals surface area contributed by atoms with Crippen molar-refractivity contribution in [2.75, 3.05) is 0 Å². The van der Waals surface area contributed by atoms with Crippen molar-refractivity contribution in [3.8, 4) is 0 Å². The molecule has 0 spiro atoms. The molecule has 4 unspecified atom stereocenters. The largest absolute Gasteiger partial charge is 4.00 e. The summed E-state index contributed by atoms with van der Waals surface area (Å²) in [5.41, 5.74) is 0. The van der Waals surface area contributed by atoms with E-state index < -0.39 is 0 Å². The van der Waals surface area contributed by atoms with E-state index in [4.69, 9.17) is 0 Å². The molecule has 0 radical (unpaired) electrons. The Labute approximate surface area is 251 Å². The van der Waals surface area contributed by atoms with Crippen LogP contribution >= 0.6 is 0 Å². The molecule has 0 aliphatic heterocycles. The molecule has 4 atom stereocenters. The van der Waals surface area contributed by atoms with Crippen molar-refractivity contribution in [2.24, 2.45) is 23.7 Å². The monoisotopic (exact) mass is 598 g/mol. The van der Waals surface area contributed by atoms with Crippen molar-refractivity contribution in [3.05, 3.63) is 0 Å². The van der Waals surface area contributed by atoms with Crippen molar-refractivity contribution in [1.82, 2.24) is 0 Å². The van der Waals surface area contributed by atoms with Crippen molar-refractivity contribution in [1.29, 1.82) is 0 Å². The fourth-order valence-corrected chi connectivity index (χ4v) is 3.19. The number of hydrogen-bond donors (Lipinski definition) is 0. The molecule has 0 aromatic heterocycles. The molecular formula is C32H60O4Zr. The third-order valence-electron chi connectivity index (χ3n) is 6.26. The topological polar surface area (TPSA) is 68.3 Å². The summed E-state index contributed by atoms with van der Waals surface area (Å²) in [4.78, 5) is 40.5. The van der Waals surface area contributed by atoms with Crippen LogP contribution in [0.25, 0.3) is 0 Å². The summed E-state index contributed by atoms with van der Waals surface area (Å²) in [7, 11) is 0. The zero-order valence-electron chi connectivity index (χ0n) is 25.8. The molecule has 4 nitrogen and oxygen atoms in total. The van der Waals surface area contributed by atoms with Crippen LogP contribution in [-0.4, -0.2) is 25.1 Å². The number of unbranched alkanes of at least 4 members (excludes halogenated alkanes) is 4. The summed E-state index contributed by atoms with van der Waals surface area (Å²) in [5.74, 6) is 0.796. The Kier molecular flexibility index (Phi) is 53.5. The van der Waals surface area contributed by atoms with E-state index in [0.29, 0.717) is 0 Å². The summed E-state index contributed by atoms with van der Waals surface area (Å²) < 4.78 is 0. The minimum Gasteiger partial charge on any atom is -0.542 e. The Balaban J connectivity index is -0.000000122. The average Bonchev–Trinajstić information content (AvgIpc) is 2.92. The maximum absolute atomic E-state index is 10.1. The maximum atomic E-state index is 10.1. The van der Waals surface area contributed by atoms with Gasteiger partial charge in [0.15, 0.2) is 0 Å². The molecule has 0 fully saturated rings.